The third-order valence-electron chi connectivity index (χ3n) is 6.27. The monoisotopic (exact) mass is 359 g/mol. The van der Waals surface area contributed by atoms with Crippen LogP contribution in [0.4, 0.5) is 0 Å². The Morgan fingerprint density at radius 1 is 1.23 bits per heavy atom. The predicted molar refractivity (Wildman–Crippen MR) is 104 cm³/mol. The summed E-state index contributed by atoms with van der Waals surface area (Å²) in [7, 11) is 0. The molecule has 1 amide bonds. The molecule has 0 aromatic heterocycles. The van der Waals surface area contributed by atoms with E-state index in [1.807, 2.05) is 24.3 Å². The van der Waals surface area contributed by atoms with Crippen molar-refractivity contribution in [2.45, 2.75) is 45.7 Å². The number of likely N-dealkylation sites (N-methyl/N-ethyl adjacent to an activating group) is 1. The molecule has 4 unspecified atom stereocenters. The SMILES string of the molecule is CCN(CC)CCOc1ccccc1CNC(=O)C1C2CCC(C2)C1N. The number of nitrogens with zero attached hydrogens (tertiary/aromatic N) is 1. The van der Waals surface area contributed by atoms with E-state index in [1.54, 1.807) is 0 Å². The van der Waals surface area contributed by atoms with Gasteiger partial charge in [-0.05, 0) is 50.3 Å². The van der Waals surface area contributed by atoms with Crippen molar-refractivity contribution in [3.63, 3.8) is 0 Å². The van der Waals surface area contributed by atoms with Crippen LogP contribution in [0.3, 0.4) is 0 Å². The summed E-state index contributed by atoms with van der Waals surface area (Å²) in [4.78, 5) is 15.0. The third-order valence-corrected chi connectivity index (χ3v) is 6.27. The van der Waals surface area contributed by atoms with Gasteiger partial charge in [0.05, 0.1) is 5.92 Å². The van der Waals surface area contributed by atoms with Crippen molar-refractivity contribution in [1.29, 1.82) is 0 Å². The quantitative estimate of drug-likeness (QED) is 0.710. The maximum absolute atomic E-state index is 12.7. The number of carbonyl (C=O) groups excluding carboxylic acids is 1. The Labute approximate surface area is 157 Å². The van der Waals surface area contributed by atoms with Crippen LogP contribution in [0.1, 0.15) is 38.7 Å². The summed E-state index contributed by atoms with van der Waals surface area (Å²) in [6, 6.07) is 8.00. The van der Waals surface area contributed by atoms with Crippen LogP contribution in [-0.2, 0) is 11.3 Å². The number of rotatable bonds is 9. The second kappa shape index (κ2) is 8.87. The number of amides is 1. The standard InChI is InChI=1S/C21H33N3O2/c1-3-24(4-2)11-12-26-18-8-6-5-7-17(18)14-23-21(25)19-15-9-10-16(13-15)20(19)22/h5-8,15-16,19-20H,3-4,9-14,22H2,1-2H3,(H,23,25). The van der Waals surface area contributed by atoms with E-state index in [-0.39, 0.29) is 17.9 Å². The summed E-state index contributed by atoms with van der Waals surface area (Å²) in [5.41, 5.74) is 7.32. The smallest absolute Gasteiger partial charge is 0.225 e. The van der Waals surface area contributed by atoms with E-state index >= 15 is 0 Å². The molecule has 5 heteroatoms. The summed E-state index contributed by atoms with van der Waals surface area (Å²) in [5.74, 6) is 1.99. The molecule has 0 aliphatic heterocycles. The Kier molecular flexibility index (Phi) is 6.54. The van der Waals surface area contributed by atoms with Gasteiger partial charge in [-0.25, -0.2) is 0 Å². The highest BCUT2D eigenvalue weighted by molar-refractivity contribution is 5.80. The van der Waals surface area contributed by atoms with Gasteiger partial charge in [0, 0.05) is 24.7 Å². The highest BCUT2D eigenvalue weighted by Gasteiger charge is 2.48. The van der Waals surface area contributed by atoms with Crippen LogP contribution in [0.15, 0.2) is 24.3 Å². The number of carbonyl (C=O) groups is 1. The highest BCUT2D eigenvalue weighted by atomic mass is 16.5. The predicted octanol–water partition coefficient (Wildman–Crippen LogP) is 2.40. The molecule has 1 aromatic carbocycles. The minimum absolute atomic E-state index is 0.00972. The van der Waals surface area contributed by atoms with Crippen molar-refractivity contribution < 1.29 is 9.53 Å². The molecule has 5 nitrogen and oxygen atoms in total. The topological polar surface area (TPSA) is 67.6 Å². The minimum Gasteiger partial charge on any atom is -0.492 e. The molecule has 2 aliphatic rings. The maximum Gasteiger partial charge on any atom is 0.225 e. The van der Waals surface area contributed by atoms with E-state index in [4.69, 9.17) is 10.5 Å². The van der Waals surface area contributed by atoms with Crippen molar-refractivity contribution in [3.05, 3.63) is 29.8 Å². The van der Waals surface area contributed by atoms with Crippen LogP contribution in [0.5, 0.6) is 5.75 Å². The molecule has 2 aliphatic carbocycles. The van der Waals surface area contributed by atoms with E-state index in [0.717, 1.165) is 43.8 Å². The molecule has 2 saturated carbocycles. The van der Waals surface area contributed by atoms with Crippen molar-refractivity contribution in [3.8, 4) is 5.75 Å². The molecule has 2 bridgehead atoms. The molecule has 0 heterocycles. The van der Waals surface area contributed by atoms with Crippen LogP contribution in [0.25, 0.3) is 0 Å². The second-order valence-electron chi connectivity index (χ2n) is 7.64. The average molecular weight is 360 g/mol. The fourth-order valence-electron chi connectivity index (χ4n) is 4.64. The summed E-state index contributed by atoms with van der Waals surface area (Å²) < 4.78 is 5.98. The second-order valence-corrected chi connectivity index (χ2v) is 7.64. The fourth-order valence-corrected chi connectivity index (χ4v) is 4.64. The van der Waals surface area contributed by atoms with E-state index in [9.17, 15) is 4.79 Å². The van der Waals surface area contributed by atoms with Crippen LogP contribution >= 0.6 is 0 Å². The lowest BCUT2D eigenvalue weighted by atomic mass is 9.84. The summed E-state index contributed by atoms with van der Waals surface area (Å²) in [5, 5.41) is 3.11. The van der Waals surface area contributed by atoms with Gasteiger partial charge >= 0.3 is 0 Å². The van der Waals surface area contributed by atoms with Crippen molar-refractivity contribution >= 4 is 5.91 Å². The molecule has 144 valence electrons. The molecule has 0 spiro atoms. The van der Waals surface area contributed by atoms with Crippen LogP contribution in [0, 0.1) is 17.8 Å². The van der Waals surface area contributed by atoms with E-state index < -0.39 is 0 Å². The Morgan fingerprint density at radius 2 is 1.96 bits per heavy atom. The first kappa shape index (κ1) is 19.2. The lowest BCUT2D eigenvalue weighted by Crippen LogP contribution is -2.45. The zero-order valence-electron chi connectivity index (χ0n) is 16.1. The first-order chi connectivity index (χ1) is 12.6. The van der Waals surface area contributed by atoms with E-state index in [0.29, 0.717) is 25.0 Å². The number of benzene rings is 1. The van der Waals surface area contributed by atoms with Gasteiger partial charge in [-0.2, -0.15) is 0 Å². The van der Waals surface area contributed by atoms with Gasteiger partial charge in [0.1, 0.15) is 12.4 Å². The number of ether oxygens (including phenoxy) is 1. The number of hydrogen-bond acceptors (Lipinski definition) is 4. The Morgan fingerprint density at radius 3 is 2.65 bits per heavy atom. The number of para-hydroxylation sites is 1. The Balaban J connectivity index is 1.52. The molecule has 2 fully saturated rings. The highest BCUT2D eigenvalue weighted by Crippen LogP contribution is 2.47. The summed E-state index contributed by atoms with van der Waals surface area (Å²) in [6.07, 6.45) is 3.48. The van der Waals surface area contributed by atoms with Gasteiger partial charge in [-0.3, -0.25) is 4.79 Å². The summed E-state index contributed by atoms with van der Waals surface area (Å²) >= 11 is 0. The molecule has 3 rings (SSSR count). The van der Waals surface area contributed by atoms with Gasteiger partial charge in [0.2, 0.25) is 5.91 Å². The first-order valence-corrected chi connectivity index (χ1v) is 10.1. The minimum atomic E-state index is -0.00972. The van der Waals surface area contributed by atoms with Gasteiger partial charge in [-0.1, -0.05) is 32.0 Å². The van der Waals surface area contributed by atoms with Crippen molar-refractivity contribution in [1.82, 2.24) is 10.2 Å². The average Bonchev–Trinajstić information content (AvgIpc) is 3.25. The molecule has 0 radical (unpaired) electrons. The van der Waals surface area contributed by atoms with Crippen molar-refractivity contribution in [2.75, 3.05) is 26.2 Å². The first-order valence-electron chi connectivity index (χ1n) is 10.1. The molecule has 4 atom stereocenters. The molecule has 26 heavy (non-hydrogen) atoms. The maximum atomic E-state index is 12.7. The van der Waals surface area contributed by atoms with Gasteiger partial charge in [0.15, 0.2) is 0 Å². The van der Waals surface area contributed by atoms with Crippen LogP contribution in [0.2, 0.25) is 0 Å². The number of nitrogens with one attached hydrogen (secondary N) is 1. The van der Waals surface area contributed by atoms with Crippen LogP contribution in [-0.4, -0.2) is 43.1 Å². The zero-order valence-corrected chi connectivity index (χ0v) is 16.1. The lowest BCUT2D eigenvalue weighted by molar-refractivity contribution is -0.127. The van der Waals surface area contributed by atoms with Crippen LogP contribution < -0.4 is 15.8 Å². The molecule has 1 aromatic rings. The Bertz CT molecular complexity index is 601. The van der Waals surface area contributed by atoms with Gasteiger partial charge in [-0.15, -0.1) is 0 Å². The third kappa shape index (κ3) is 4.21. The fraction of sp³-hybridized carbons (Fsp3) is 0.667. The lowest BCUT2D eigenvalue weighted by Gasteiger charge is -2.27. The number of nitrogens with two attached hydrogens (primary N) is 1. The van der Waals surface area contributed by atoms with E-state index in [1.165, 1.54) is 6.42 Å². The Hall–Kier alpha value is -1.59. The molecular formula is C21H33N3O2. The zero-order chi connectivity index (χ0) is 18.5. The van der Waals surface area contributed by atoms with E-state index in [2.05, 4.69) is 24.1 Å². The summed E-state index contributed by atoms with van der Waals surface area (Å²) in [6.45, 7) is 8.45. The number of fused-ring (bicyclic) bond motifs is 2. The van der Waals surface area contributed by atoms with Crippen molar-refractivity contribution in [2.24, 2.45) is 23.5 Å². The normalized spacial score (nSPS) is 27.1. The molecule has 0 saturated heterocycles. The largest absolute Gasteiger partial charge is 0.492 e. The number of hydrogen-bond donors (Lipinski definition) is 2. The molecule has 3 N–H and O–H groups in total. The van der Waals surface area contributed by atoms with Gasteiger partial charge < -0.3 is 20.7 Å². The molecular weight excluding hydrogens is 326 g/mol. The van der Waals surface area contributed by atoms with Gasteiger partial charge in [0.25, 0.3) is 0 Å².